The van der Waals surface area contributed by atoms with Crippen molar-refractivity contribution in [2.75, 3.05) is 12.0 Å². The monoisotopic (exact) mass is 491 g/mol. The molecule has 0 spiro atoms. The van der Waals surface area contributed by atoms with Gasteiger partial charge >= 0.3 is 7.82 Å². The predicted molar refractivity (Wildman–Crippen MR) is 118 cm³/mol. The van der Waals surface area contributed by atoms with Gasteiger partial charge in [0.2, 0.25) is 0 Å². The fourth-order valence-electron chi connectivity index (χ4n) is 3.20. The molecule has 5 N–H and O–H groups in total. The van der Waals surface area contributed by atoms with Gasteiger partial charge in [0.05, 0.1) is 11.4 Å². The number of pyridine rings is 1. The second-order valence-corrected chi connectivity index (χ2v) is 8.55. The van der Waals surface area contributed by atoms with Crippen LogP contribution in [0, 0.1) is 11.6 Å². The number of benzene rings is 1. The first kappa shape index (κ1) is 23.7. The van der Waals surface area contributed by atoms with Gasteiger partial charge in [-0.05, 0) is 29.8 Å². The molecule has 0 fully saturated rings. The number of phosphoric ester groups is 1. The third kappa shape index (κ3) is 5.74. The number of anilines is 2. The van der Waals surface area contributed by atoms with Crippen molar-refractivity contribution in [3.8, 4) is 0 Å². The molecule has 0 amide bonds. The lowest BCUT2D eigenvalue weighted by Gasteiger charge is -2.30. The van der Waals surface area contributed by atoms with Gasteiger partial charge in [-0.2, -0.15) is 0 Å². The molecule has 3 aromatic rings. The highest BCUT2D eigenvalue weighted by Crippen LogP contribution is 2.36. The Morgan fingerprint density at radius 3 is 2.82 bits per heavy atom. The Labute approximate surface area is 192 Å². The van der Waals surface area contributed by atoms with Gasteiger partial charge in [0.1, 0.15) is 18.7 Å². The fourth-order valence-corrected chi connectivity index (χ4v) is 3.49. The zero-order valence-corrected chi connectivity index (χ0v) is 18.4. The maximum Gasteiger partial charge on any atom is 0.471 e. The molecule has 0 bridgehead atoms. The van der Waals surface area contributed by atoms with Gasteiger partial charge in [0, 0.05) is 30.5 Å². The van der Waals surface area contributed by atoms with E-state index in [9.17, 15) is 13.3 Å². The molecule has 0 aliphatic carbocycles. The quantitative estimate of drug-likeness (QED) is 0.346. The molecule has 1 atom stereocenters. The SMILES string of the molecule is NC1C(c2cc(Cc3ccc(Nc4cccc(F)c4F)nc3)no2)=CC=CN1COP(=O)(O)O. The number of allylic oxidation sites excluding steroid dienone is 2. The molecule has 4 rings (SSSR count). The average molecular weight is 491 g/mol. The normalized spacial score (nSPS) is 16.0. The van der Waals surface area contributed by atoms with E-state index in [-0.39, 0.29) is 5.69 Å². The van der Waals surface area contributed by atoms with Crippen molar-refractivity contribution in [2.24, 2.45) is 5.73 Å². The Balaban J connectivity index is 1.40. The van der Waals surface area contributed by atoms with Crippen LogP contribution in [0.5, 0.6) is 0 Å². The van der Waals surface area contributed by atoms with Gasteiger partial charge in [-0.1, -0.05) is 23.4 Å². The summed E-state index contributed by atoms with van der Waals surface area (Å²) in [6.45, 7) is -0.411. The van der Waals surface area contributed by atoms with Gasteiger partial charge in [0.25, 0.3) is 0 Å². The van der Waals surface area contributed by atoms with Crippen LogP contribution < -0.4 is 11.1 Å². The van der Waals surface area contributed by atoms with E-state index in [2.05, 4.69) is 20.0 Å². The molecule has 1 aromatic carbocycles. The lowest BCUT2D eigenvalue weighted by Crippen LogP contribution is -2.41. The van der Waals surface area contributed by atoms with Crippen LogP contribution in [0.1, 0.15) is 17.0 Å². The van der Waals surface area contributed by atoms with Crippen LogP contribution >= 0.6 is 7.82 Å². The number of rotatable bonds is 8. The molecule has 178 valence electrons. The fraction of sp³-hybridized carbons (Fsp3) is 0.143. The molecule has 1 aliphatic heterocycles. The molecule has 0 saturated carbocycles. The van der Waals surface area contributed by atoms with E-state index < -0.39 is 32.4 Å². The average Bonchev–Trinajstić information content (AvgIpc) is 3.25. The molecule has 0 saturated heterocycles. The summed E-state index contributed by atoms with van der Waals surface area (Å²) in [5, 5.41) is 6.77. The maximum absolute atomic E-state index is 13.8. The van der Waals surface area contributed by atoms with E-state index in [0.29, 0.717) is 29.3 Å². The van der Waals surface area contributed by atoms with E-state index in [1.807, 2.05) is 0 Å². The minimum Gasteiger partial charge on any atom is -0.356 e. The summed E-state index contributed by atoms with van der Waals surface area (Å²) in [5.74, 6) is -1.21. The number of nitrogens with one attached hydrogen (secondary N) is 1. The van der Waals surface area contributed by atoms with Crippen LogP contribution in [-0.2, 0) is 15.5 Å². The number of phosphoric acid groups is 1. The van der Waals surface area contributed by atoms with Crippen LogP contribution in [0.3, 0.4) is 0 Å². The number of nitrogens with two attached hydrogens (primary N) is 1. The lowest BCUT2D eigenvalue weighted by atomic mass is 10.1. The summed E-state index contributed by atoms with van der Waals surface area (Å²) >= 11 is 0. The second kappa shape index (κ2) is 9.84. The van der Waals surface area contributed by atoms with E-state index >= 15 is 0 Å². The van der Waals surface area contributed by atoms with E-state index in [1.54, 1.807) is 36.5 Å². The molecule has 10 nitrogen and oxygen atoms in total. The van der Waals surface area contributed by atoms with Gasteiger partial charge in [-0.15, -0.1) is 0 Å². The molecule has 2 aromatic heterocycles. The summed E-state index contributed by atoms with van der Waals surface area (Å²) in [4.78, 5) is 23.4. The molecule has 3 heterocycles. The Morgan fingerprint density at radius 1 is 1.26 bits per heavy atom. The maximum atomic E-state index is 13.8. The minimum absolute atomic E-state index is 0.0206. The van der Waals surface area contributed by atoms with Gasteiger partial charge < -0.3 is 30.3 Å². The number of hydrogen-bond donors (Lipinski definition) is 4. The molecular formula is C21H20F2N5O5P. The van der Waals surface area contributed by atoms with Crippen molar-refractivity contribution in [3.63, 3.8) is 0 Å². The smallest absolute Gasteiger partial charge is 0.356 e. The highest BCUT2D eigenvalue weighted by Gasteiger charge is 2.25. The van der Waals surface area contributed by atoms with Crippen LogP contribution in [0.15, 0.2) is 65.5 Å². The van der Waals surface area contributed by atoms with Crippen molar-refractivity contribution in [2.45, 2.75) is 12.6 Å². The summed E-state index contributed by atoms with van der Waals surface area (Å²) in [6.07, 6.45) is 6.07. The Bertz CT molecular complexity index is 1270. The number of aromatic nitrogens is 2. The van der Waals surface area contributed by atoms with Crippen molar-refractivity contribution >= 4 is 24.9 Å². The van der Waals surface area contributed by atoms with Crippen molar-refractivity contribution in [3.05, 3.63) is 89.6 Å². The highest BCUT2D eigenvalue weighted by atomic mass is 31.2. The van der Waals surface area contributed by atoms with Crippen molar-refractivity contribution in [1.82, 2.24) is 15.0 Å². The van der Waals surface area contributed by atoms with E-state index in [1.165, 1.54) is 23.2 Å². The van der Waals surface area contributed by atoms with Crippen LogP contribution in [-0.4, -0.2) is 37.7 Å². The predicted octanol–water partition coefficient (Wildman–Crippen LogP) is 3.25. The minimum atomic E-state index is -4.65. The van der Waals surface area contributed by atoms with Crippen molar-refractivity contribution < 1.29 is 32.2 Å². The zero-order chi connectivity index (χ0) is 24.3. The first-order chi connectivity index (χ1) is 16.2. The van der Waals surface area contributed by atoms with E-state index in [0.717, 1.165) is 11.6 Å². The van der Waals surface area contributed by atoms with Crippen LogP contribution in [0.2, 0.25) is 0 Å². The van der Waals surface area contributed by atoms with E-state index in [4.69, 9.17) is 20.0 Å². The van der Waals surface area contributed by atoms with Gasteiger partial charge in [-0.25, -0.2) is 18.3 Å². The van der Waals surface area contributed by atoms with Crippen molar-refractivity contribution in [1.29, 1.82) is 0 Å². The molecule has 13 heteroatoms. The highest BCUT2D eigenvalue weighted by molar-refractivity contribution is 7.46. The third-order valence-electron chi connectivity index (χ3n) is 4.87. The summed E-state index contributed by atoms with van der Waals surface area (Å²) < 4.78 is 48.0. The summed E-state index contributed by atoms with van der Waals surface area (Å²) in [5.41, 5.74) is 8.08. The molecular weight excluding hydrogens is 471 g/mol. The topological polar surface area (TPSA) is 147 Å². The Hall–Kier alpha value is -3.41. The zero-order valence-electron chi connectivity index (χ0n) is 17.5. The van der Waals surface area contributed by atoms with Crippen LogP contribution in [0.25, 0.3) is 5.57 Å². The lowest BCUT2D eigenvalue weighted by molar-refractivity contribution is 0.110. The molecule has 0 radical (unpaired) electrons. The molecule has 1 aliphatic rings. The number of halogens is 2. The largest absolute Gasteiger partial charge is 0.471 e. The summed E-state index contributed by atoms with van der Waals surface area (Å²) in [6, 6.07) is 8.92. The van der Waals surface area contributed by atoms with Gasteiger partial charge in [0.15, 0.2) is 17.4 Å². The molecule has 34 heavy (non-hydrogen) atoms. The standard InChI is InChI=1S/C21H20F2N5O5P/c22-16-4-1-5-17(20(16)23)26-19-7-6-13(11-25-19)9-14-10-18(33-27-14)15-3-2-8-28(21(15)24)12-32-34(29,30)31/h1-8,10-11,21H,9,12,24H2,(H,25,26)(H2,29,30,31). The van der Waals surface area contributed by atoms with Gasteiger partial charge in [-0.3, -0.25) is 4.52 Å². The summed E-state index contributed by atoms with van der Waals surface area (Å²) in [7, 11) is -4.65. The second-order valence-electron chi connectivity index (χ2n) is 7.31. The number of nitrogens with zero attached hydrogens (tertiary/aromatic N) is 3. The number of hydrogen-bond acceptors (Lipinski definition) is 8. The first-order valence-corrected chi connectivity index (χ1v) is 11.4. The molecule has 1 unspecified atom stereocenters. The third-order valence-corrected chi connectivity index (χ3v) is 5.32. The Kier molecular flexibility index (Phi) is 6.87. The van der Waals surface area contributed by atoms with Crippen LogP contribution in [0.4, 0.5) is 20.3 Å². The first-order valence-electron chi connectivity index (χ1n) is 9.91. The Morgan fingerprint density at radius 2 is 2.09 bits per heavy atom.